The summed E-state index contributed by atoms with van der Waals surface area (Å²) in [6.45, 7) is 10.6. The fourth-order valence-corrected chi connectivity index (χ4v) is 8.69. The third-order valence-corrected chi connectivity index (χ3v) is 10.8. The smallest absolute Gasteiger partial charge is 0.319 e. The first kappa shape index (κ1) is 28.3. The molecule has 3 fully saturated rings. The maximum absolute atomic E-state index is 17.3. The van der Waals surface area contributed by atoms with Crippen molar-refractivity contribution in [1.29, 1.82) is 0 Å². The molecular formula is C34H37F2N7O3. The van der Waals surface area contributed by atoms with Crippen LogP contribution < -0.4 is 14.4 Å². The zero-order chi connectivity index (χ0) is 31.2. The highest BCUT2D eigenvalue weighted by Gasteiger charge is 2.47. The van der Waals surface area contributed by atoms with Crippen molar-refractivity contribution in [2.45, 2.75) is 69.4 Å². The predicted octanol–water partition coefficient (Wildman–Crippen LogP) is 5.45. The van der Waals surface area contributed by atoms with E-state index < -0.39 is 11.8 Å². The van der Waals surface area contributed by atoms with E-state index in [1.165, 1.54) is 5.57 Å². The SMILES string of the molecule is C=C1CN2CCC[C@@]2(COc2nc3c4c(nc(-c5c6c(cc7n[nH]c(F)c57)CCC[C@H]6C)c(F)c4n2)OC[C@@H]2COCCCN32)C1. The summed E-state index contributed by atoms with van der Waals surface area (Å²) < 4.78 is 51.4. The van der Waals surface area contributed by atoms with E-state index in [-0.39, 0.29) is 52.6 Å². The first-order valence-electron chi connectivity index (χ1n) is 16.5. The number of anilines is 1. The third-order valence-electron chi connectivity index (χ3n) is 10.8. The Balaban J connectivity index is 1.26. The monoisotopic (exact) mass is 629 g/mol. The van der Waals surface area contributed by atoms with E-state index in [0.717, 1.165) is 69.2 Å². The molecule has 46 heavy (non-hydrogen) atoms. The molecule has 0 unspecified atom stereocenters. The molecule has 0 saturated carbocycles. The zero-order valence-corrected chi connectivity index (χ0v) is 26.0. The van der Waals surface area contributed by atoms with Crippen molar-refractivity contribution in [2.75, 3.05) is 51.0 Å². The molecule has 10 nitrogen and oxygen atoms in total. The molecule has 0 spiro atoms. The first-order chi connectivity index (χ1) is 22.4. The van der Waals surface area contributed by atoms with Crippen LogP contribution in [-0.4, -0.2) is 87.7 Å². The normalized spacial score (nSPS) is 26.1. The van der Waals surface area contributed by atoms with Gasteiger partial charge in [0.25, 0.3) is 0 Å². The lowest BCUT2D eigenvalue weighted by atomic mass is 9.79. The molecule has 1 N–H and O–H groups in total. The molecule has 240 valence electrons. The van der Waals surface area contributed by atoms with Crippen molar-refractivity contribution >= 4 is 27.6 Å². The van der Waals surface area contributed by atoms with Crippen molar-refractivity contribution in [3.63, 3.8) is 0 Å². The number of pyridine rings is 1. The summed E-state index contributed by atoms with van der Waals surface area (Å²) in [7, 11) is 0. The predicted molar refractivity (Wildman–Crippen MR) is 169 cm³/mol. The largest absolute Gasteiger partial charge is 0.475 e. The lowest BCUT2D eigenvalue weighted by Crippen LogP contribution is -2.43. The molecule has 4 aromatic rings. The fourth-order valence-electron chi connectivity index (χ4n) is 8.69. The number of aromatic amines is 1. The van der Waals surface area contributed by atoms with Crippen molar-refractivity contribution in [1.82, 2.24) is 30.0 Å². The topological polar surface area (TPSA) is 102 Å². The zero-order valence-electron chi connectivity index (χ0n) is 26.0. The highest BCUT2D eigenvalue weighted by atomic mass is 19.1. The molecule has 0 amide bonds. The van der Waals surface area contributed by atoms with E-state index in [9.17, 15) is 0 Å². The number of halogens is 2. The van der Waals surface area contributed by atoms with Gasteiger partial charge in [0.15, 0.2) is 5.82 Å². The number of fused-ring (bicyclic) bond motifs is 5. The van der Waals surface area contributed by atoms with Crippen LogP contribution in [0.1, 0.15) is 62.5 Å². The number of H-pyrrole nitrogens is 1. The molecule has 7 heterocycles. The van der Waals surface area contributed by atoms with Gasteiger partial charge in [0.1, 0.15) is 35.6 Å². The number of rotatable bonds is 4. The lowest BCUT2D eigenvalue weighted by molar-refractivity contribution is 0.108. The average molecular weight is 630 g/mol. The summed E-state index contributed by atoms with van der Waals surface area (Å²) in [5.74, 6) is -0.426. The Bertz CT molecular complexity index is 1910. The van der Waals surface area contributed by atoms with Crippen molar-refractivity contribution in [3.8, 4) is 23.1 Å². The molecule has 0 bridgehead atoms. The molecule has 3 aromatic heterocycles. The Labute approximate surface area is 265 Å². The highest BCUT2D eigenvalue weighted by molar-refractivity contribution is 6.02. The van der Waals surface area contributed by atoms with Gasteiger partial charge in [-0.05, 0) is 74.6 Å². The minimum Gasteiger partial charge on any atom is -0.475 e. The average Bonchev–Trinajstić information content (AvgIpc) is 3.59. The van der Waals surface area contributed by atoms with Gasteiger partial charge < -0.3 is 19.1 Å². The molecule has 5 aliphatic rings. The number of benzene rings is 1. The molecule has 3 saturated heterocycles. The van der Waals surface area contributed by atoms with Gasteiger partial charge >= 0.3 is 6.01 Å². The second-order valence-electron chi connectivity index (χ2n) is 13.7. The van der Waals surface area contributed by atoms with E-state index in [0.29, 0.717) is 48.6 Å². The van der Waals surface area contributed by atoms with Gasteiger partial charge in [-0.25, -0.2) is 9.37 Å². The number of aromatic nitrogens is 5. The summed E-state index contributed by atoms with van der Waals surface area (Å²) in [6, 6.07) is 1.88. The number of aryl methyl sites for hydroxylation is 1. The quantitative estimate of drug-likeness (QED) is 0.296. The van der Waals surface area contributed by atoms with Crippen molar-refractivity contribution in [3.05, 3.63) is 41.1 Å². The summed E-state index contributed by atoms with van der Waals surface area (Å²) >= 11 is 0. The Morgan fingerprint density at radius 2 is 2.04 bits per heavy atom. The van der Waals surface area contributed by atoms with Crippen LogP contribution >= 0.6 is 0 Å². The molecule has 1 aliphatic carbocycles. The minimum absolute atomic E-state index is 0.00926. The van der Waals surface area contributed by atoms with E-state index in [1.807, 2.05) is 6.07 Å². The van der Waals surface area contributed by atoms with Crippen LogP contribution in [0.5, 0.6) is 11.9 Å². The highest BCUT2D eigenvalue weighted by Crippen LogP contribution is 2.47. The van der Waals surface area contributed by atoms with Gasteiger partial charge in [-0.3, -0.25) is 10.00 Å². The third kappa shape index (κ3) is 4.25. The van der Waals surface area contributed by atoms with Crippen LogP contribution in [0, 0.1) is 11.8 Å². The van der Waals surface area contributed by atoms with Gasteiger partial charge in [0, 0.05) is 25.3 Å². The van der Waals surface area contributed by atoms with Crippen LogP contribution in [0.3, 0.4) is 0 Å². The Morgan fingerprint density at radius 1 is 1.13 bits per heavy atom. The molecule has 12 heteroatoms. The van der Waals surface area contributed by atoms with Crippen molar-refractivity contribution in [2.24, 2.45) is 0 Å². The number of hydrogen-bond acceptors (Lipinski definition) is 9. The van der Waals surface area contributed by atoms with Gasteiger partial charge in [-0.15, -0.1) is 0 Å². The van der Waals surface area contributed by atoms with Crippen LogP contribution in [0.15, 0.2) is 18.2 Å². The van der Waals surface area contributed by atoms with E-state index >= 15 is 8.78 Å². The van der Waals surface area contributed by atoms with Gasteiger partial charge in [-0.1, -0.05) is 19.1 Å². The molecular weight excluding hydrogens is 592 g/mol. The molecule has 4 aliphatic heterocycles. The van der Waals surface area contributed by atoms with Crippen molar-refractivity contribution < 1.29 is 23.0 Å². The number of nitrogens with zero attached hydrogens (tertiary/aromatic N) is 6. The number of ether oxygens (including phenoxy) is 3. The number of hydrogen-bond donors (Lipinski definition) is 1. The second-order valence-corrected chi connectivity index (χ2v) is 13.7. The lowest BCUT2D eigenvalue weighted by Gasteiger charge is -2.31. The maximum atomic E-state index is 17.3. The van der Waals surface area contributed by atoms with E-state index in [4.69, 9.17) is 29.2 Å². The van der Waals surface area contributed by atoms with Crippen LogP contribution in [-0.2, 0) is 11.2 Å². The molecule has 3 atom stereocenters. The standard InChI is InChI=1S/C34H37F2N7O3/c1-18-13-34(8-4-9-42(34)14-18)17-46-33-38-29-26-31(39-33)43-10-5-11-44-15-21(43)16-45-32(26)37-28(27(29)35)25-23-19(2)6-3-7-20(23)12-22-24(25)30(36)41-40-22/h12,19,21H,1,3-11,13-17H2,2H3,(H,40,41)/t19-,21+,34+/m1/s1. The Morgan fingerprint density at radius 3 is 2.96 bits per heavy atom. The van der Waals surface area contributed by atoms with E-state index in [1.54, 1.807) is 0 Å². The first-order valence-corrected chi connectivity index (χ1v) is 16.5. The summed E-state index contributed by atoms with van der Waals surface area (Å²) in [5, 5.41) is 7.33. The summed E-state index contributed by atoms with van der Waals surface area (Å²) in [5.41, 5.74) is 3.92. The molecule has 0 radical (unpaired) electrons. The Hall–Kier alpha value is -3.90. The molecule has 9 rings (SSSR count). The van der Waals surface area contributed by atoms with Gasteiger partial charge in [0.2, 0.25) is 11.8 Å². The van der Waals surface area contributed by atoms with Crippen LogP contribution in [0.25, 0.3) is 33.1 Å². The Kier molecular flexibility index (Phi) is 6.51. The minimum atomic E-state index is -0.650. The van der Waals surface area contributed by atoms with Crippen LogP contribution in [0.4, 0.5) is 14.6 Å². The summed E-state index contributed by atoms with van der Waals surface area (Å²) in [4.78, 5) is 19.1. The van der Waals surface area contributed by atoms with Gasteiger partial charge in [-0.2, -0.15) is 19.5 Å². The van der Waals surface area contributed by atoms with Gasteiger partial charge in [0.05, 0.1) is 29.1 Å². The van der Waals surface area contributed by atoms with Crippen LogP contribution in [0.2, 0.25) is 0 Å². The molecule has 1 aromatic carbocycles. The fraction of sp³-hybridized carbons (Fsp3) is 0.529. The van der Waals surface area contributed by atoms with E-state index in [2.05, 4.69) is 33.5 Å². The number of nitrogens with one attached hydrogen (secondary N) is 1. The summed E-state index contributed by atoms with van der Waals surface area (Å²) in [6.07, 6.45) is 6.46. The second kappa shape index (κ2) is 10.6. The maximum Gasteiger partial charge on any atom is 0.319 e.